The highest BCUT2D eigenvalue weighted by Gasteiger charge is 2.35. The number of carbonyl (C=O) groups excluding carboxylic acids is 9. The lowest BCUT2D eigenvalue weighted by Gasteiger charge is -2.30. The summed E-state index contributed by atoms with van der Waals surface area (Å²) in [5.74, 6) is -9.27. The maximum Gasteiger partial charge on any atom is 0.326 e. The second-order valence-electron chi connectivity index (χ2n) is 17.9. The fourth-order valence-electron chi connectivity index (χ4n) is 6.06. The first-order chi connectivity index (χ1) is 29.6. The number of hydrogen-bond acceptors (Lipinski definition) is 12. The minimum absolute atomic E-state index is 0.000307. The first-order valence-electron chi connectivity index (χ1n) is 22.0. The van der Waals surface area contributed by atoms with Crippen LogP contribution in [0.25, 0.3) is 0 Å². The minimum Gasteiger partial charge on any atom is -0.480 e. The van der Waals surface area contributed by atoms with Crippen LogP contribution in [0.3, 0.4) is 0 Å². The van der Waals surface area contributed by atoms with Crippen LogP contribution in [0.4, 0.5) is 0 Å². The molecule has 14 N–H and O–H groups in total. The van der Waals surface area contributed by atoms with E-state index in [0.717, 1.165) is 0 Å². The molecule has 0 spiro atoms. The number of rotatable bonds is 29. The van der Waals surface area contributed by atoms with Crippen LogP contribution in [0.15, 0.2) is 0 Å². The Morgan fingerprint density at radius 2 is 0.875 bits per heavy atom. The van der Waals surface area contributed by atoms with E-state index in [0.29, 0.717) is 25.8 Å². The van der Waals surface area contributed by atoms with Gasteiger partial charge < -0.3 is 64.4 Å². The van der Waals surface area contributed by atoms with Crippen LogP contribution >= 0.6 is 0 Å². The van der Waals surface area contributed by atoms with Gasteiger partial charge in [-0.1, -0.05) is 75.7 Å². The number of carboxylic acids is 1. The third-order valence-corrected chi connectivity index (χ3v) is 10.0. The van der Waals surface area contributed by atoms with E-state index in [-0.39, 0.29) is 12.3 Å². The fourth-order valence-corrected chi connectivity index (χ4v) is 6.06. The first kappa shape index (κ1) is 58.6. The molecule has 0 aromatic rings. The molecule has 64 heavy (non-hydrogen) atoms. The highest BCUT2D eigenvalue weighted by Crippen LogP contribution is 2.12. The van der Waals surface area contributed by atoms with Crippen LogP contribution in [-0.2, 0) is 47.9 Å². The Kier molecular flexibility index (Phi) is 26.7. The largest absolute Gasteiger partial charge is 0.480 e. The van der Waals surface area contributed by atoms with E-state index in [1.807, 2.05) is 13.8 Å². The highest BCUT2D eigenvalue weighted by atomic mass is 16.4. The molecule has 9 amide bonds. The van der Waals surface area contributed by atoms with Crippen molar-refractivity contribution in [2.45, 2.75) is 157 Å². The van der Waals surface area contributed by atoms with Crippen molar-refractivity contribution in [2.24, 2.45) is 41.1 Å². The molecule has 0 aliphatic rings. The van der Waals surface area contributed by atoms with Crippen molar-refractivity contribution in [1.29, 1.82) is 0 Å². The zero-order valence-electron chi connectivity index (χ0n) is 39.6. The average Bonchev–Trinajstić information content (AvgIpc) is 3.19. The summed E-state index contributed by atoms with van der Waals surface area (Å²) in [6.07, 6.45) is 2.00. The smallest absolute Gasteiger partial charge is 0.326 e. The first-order valence-corrected chi connectivity index (χ1v) is 22.0. The lowest BCUT2D eigenvalue weighted by atomic mass is 9.97. The van der Waals surface area contributed by atoms with Gasteiger partial charge in [0.25, 0.3) is 0 Å². The maximum absolute atomic E-state index is 13.7. The molecular weight excluding hydrogens is 835 g/mol. The van der Waals surface area contributed by atoms with E-state index in [9.17, 15) is 53.1 Å². The molecule has 22 nitrogen and oxygen atoms in total. The summed E-state index contributed by atoms with van der Waals surface area (Å²) in [6.45, 7) is 19.1. The Morgan fingerprint density at radius 1 is 0.453 bits per heavy atom. The molecule has 0 unspecified atom stereocenters. The topological polar surface area (TPSA) is 351 Å². The average molecular weight is 912 g/mol. The van der Waals surface area contributed by atoms with Crippen LogP contribution in [0.1, 0.15) is 109 Å². The Morgan fingerprint density at radius 3 is 1.31 bits per heavy atom. The fraction of sp³-hybridized carbons (Fsp3) is 0.762. The van der Waals surface area contributed by atoms with Crippen LogP contribution < -0.4 is 59.3 Å². The summed E-state index contributed by atoms with van der Waals surface area (Å²) in [6, 6.07) is -8.73. The zero-order chi connectivity index (χ0) is 49.6. The number of unbranched alkanes of at least 4 members (excludes halogenated alkanes) is 1. The number of hydrogen-bond donors (Lipinski definition) is 12. The molecule has 0 fully saturated rings. The zero-order valence-corrected chi connectivity index (χ0v) is 39.6. The van der Waals surface area contributed by atoms with Crippen molar-refractivity contribution in [3.63, 3.8) is 0 Å². The second-order valence-corrected chi connectivity index (χ2v) is 17.9. The molecule has 0 aliphatic carbocycles. The number of nitrogens with two attached hydrogens (primary N) is 2. The summed E-state index contributed by atoms with van der Waals surface area (Å²) < 4.78 is 0. The van der Waals surface area contributed by atoms with Gasteiger partial charge in [-0.15, -0.1) is 0 Å². The molecule has 0 aromatic heterocycles. The summed E-state index contributed by atoms with van der Waals surface area (Å²) in [4.78, 5) is 128. The van der Waals surface area contributed by atoms with Gasteiger partial charge in [0.15, 0.2) is 0 Å². The number of carbonyl (C=O) groups is 10. The van der Waals surface area contributed by atoms with Crippen molar-refractivity contribution in [3.8, 4) is 0 Å². The second kappa shape index (κ2) is 29.1. The van der Waals surface area contributed by atoms with Gasteiger partial charge in [0.05, 0.1) is 19.1 Å². The lowest BCUT2D eigenvalue weighted by Crippen LogP contribution is -2.61. The van der Waals surface area contributed by atoms with Gasteiger partial charge in [-0.25, -0.2) is 4.79 Å². The highest BCUT2D eigenvalue weighted by molar-refractivity contribution is 5.97. The number of amides is 9. The molecule has 0 aliphatic heterocycles. The minimum atomic E-state index is -1.23. The van der Waals surface area contributed by atoms with Gasteiger partial charge in [-0.05, 0) is 69.2 Å². The Hall–Kier alpha value is -5.38. The van der Waals surface area contributed by atoms with Crippen molar-refractivity contribution in [3.05, 3.63) is 0 Å². The van der Waals surface area contributed by atoms with Crippen molar-refractivity contribution < 1.29 is 53.1 Å². The molecule has 8 atom stereocenters. The molecule has 22 heteroatoms. The molecule has 0 aromatic carbocycles. The van der Waals surface area contributed by atoms with Crippen LogP contribution in [0, 0.1) is 29.6 Å². The molecule has 0 saturated carbocycles. The third kappa shape index (κ3) is 21.8. The predicted octanol–water partition coefficient (Wildman–Crippen LogP) is -2.14. The van der Waals surface area contributed by atoms with E-state index >= 15 is 0 Å². The Bertz CT molecular complexity index is 1610. The summed E-state index contributed by atoms with van der Waals surface area (Å²) in [7, 11) is 0. The maximum atomic E-state index is 13.7. The summed E-state index contributed by atoms with van der Waals surface area (Å²) >= 11 is 0. The predicted molar refractivity (Wildman–Crippen MR) is 238 cm³/mol. The Balaban J connectivity index is 5.51. The quantitative estimate of drug-likeness (QED) is 0.0357. The summed E-state index contributed by atoms with van der Waals surface area (Å²) in [5.41, 5.74) is 11.6. The van der Waals surface area contributed by atoms with Crippen LogP contribution in [-0.4, -0.2) is 132 Å². The monoisotopic (exact) mass is 912 g/mol. The van der Waals surface area contributed by atoms with E-state index in [2.05, 4.69) is 47.9 Å². The van der Waals surface area contributed by atoms with Crippen molar-refractivity contribution in [1.82, 2.24) is 47.9 Å². The molecule has 366 valence electrons. The van der Waals surface area contributed by atoms with E-state index in [4.69, 9.17) is 11.5 Å². The third-order valence-electron chi connectivity index (χ3n) is 10.0. The molecular formula is C42H77N11O11. The SMILES string of the molecule is CC(C)C[C@H](NC(=O)[C@@H](N)CCCCN)C(=O)N[C@H](C(=O)N[C@H](C(=O)N[C@H](C(=O)NCC(=O)N[C@@H](C)C(=O)N[C@@H](C)C(=O)NCC(=O)N[C@H](C(=O)O)C(C)C)C(C)C)C(C)C)C(C)C. The van der Waals surface area contributed by atoms with Gasteiger partial charge in [0.2, 0.25) is 53.2 Å². The number of nitrogens with one attached hydrogen (secondary N) is 9. The van der Waals surface area contributed by atoms with Crippen molar-refractivity contribution >= 4 is 59.1 Å². The normalized spacial score (nSPS) is 15.1. The van der Waals surface area contributed by atoms with E-state index < -0.39 is 144 Å². The van der Waals surface area contributed by atoms with Crippen LogP contribution in [0.2, 0.25) is 0 Å². The molecule has 0 rings (SSSR count). The lowest BCUT2D eigenvalue weighted by molar-refractivity contribution is -0.143. The van der Waals surface area contributed by atoms with Crippen molar-refractivity contribution in [2.75, 3.05) is 19.6 Å². The summed E-state index contributed by atoms with van der Waals surface area (Å²) in [5, 5.41) is 31.9. The number of carboxylic acid groups (broad SMARTS) is 1. The standard InChI is InChI=1S/C42H77N11O11/c1-20(2)17-28(49-37(58)27(44)15-13-14-16-43)38(59)51-32(22(5)6)40(61)53-33(23(7)8)41(62)52-31(21(3)4)39(60)46-18-29(54)47-26(12)36(57)48-25(11)35(56)45-19-30(55)50-34(24(9)10)42(63)64/h20-28,31-34H,13-19,43-44H2,1-12H3,(H,45,56)(H,46,60)(H,47,54)(H,48,57)(H,49,58)(H,50,55)(H,51,59)(H,52,62)(H,53,61)(H,63,64)/t25-,26-,27-,28-,31-,32-,33-,34-/m0/s1. The van der Waals surface area contributed by atoms with E-state index in [1.165, 1.54) is 13.8 Å². The molecule has 0 saturated heterocycles. The van der Waals surface area contributed by atoms with Gasteiger partial charge in [-0.2, -0.15) is 0 Å². The molecule has 0 bridgehead atoms. The number of aliphatic carboxylic acids is 1. The molecule has 0 radical (unpaired) electrons. The Labute approximate surface area is 377 Å². The van der Waals surface area contributed by atoms with Gasteiger partial charge >= 0.3 is 5.97 Å². The van der Waals surface area contributed by atoms with Gasteiger partial charge in [-0.3, -0.25) is 43.2 Å². The van der Waals surface area contributed by atoms with Crippen LogP contribution in [0.5, 0.6) is 0 Å². The van der Waals surface area contributed by atoms with Gasteiger partial charge in [0.1, 0.15) is 42.3 Å². The van der Waals surface area contributed by atoms with E-state index in [1.54, 1.807) is 55.4 Å². The van der Waals surface area contributed by atoms with Gasteiger partial charge in [0, 0.05) is 0 Å². The molecule has 0 heterocycles.